The SMILES string of the molecule is CCC=CC(CCCCCCC)CC(C)(C)OC. The lowest BCUT2D eigenvalue weighted by Gasteiger charge is -2.27. The largest absolute Gasteiger partial charge is 0.379 e. The minimum atomic E-state index is 0.00612. The molecule has 0 spiro atoms. The minimum Gasteiger partial charge on any atom is -0.379 e. The van der Waals surface area contributed by atoms with Crippen molar-refractivity contribution in [1.82, 2.24) is 0 Å². The molecule has 0 rings (SSSR count). The molecule has 0 aromatic rings. The number of allylic oxidation sites excluding steroid dienone is 2. The Bertz CT molecular complexity index is 206. The molecular weight excluding hydrogens is 220 g/mol. The molecule has 0 aromatic carbocycles. The monoisotopic (exact) mass is 254 g/mol. The zero-order valence-corrected chi connectivity index (χ0v) is 13.3. The van der Waals surface area contributed by atoms with Crippen LogP contribution in [0.1, 0.15) is 79.1 Å². The number of hydrogen-bond acceptors (Lipinski definition) is 1. The Labute approximate surface area is 115 Å². The second kappa shape index (κ2) is 10.6. The van der Waals surface area contributed by atoms with Crippen LogP contribution in [0.5, 0.6) is 0 Å². The van der Waals surface area contributed by atoms with Crippen LogP contribution in [0.15, 0.2) is 12.2 Å². The zero-order valence-electron chi connectivity index (χ0n) is 13.3. The number of hydrogen-bond donors (Lipinski definition) is 0. The van der Waals surface area contributed by atoms with Crippen molar-refractivity contribution in [2.75, 3.05) is 7.11 Å². The van der Waals surface area contributed by atoms with Crippen LogP contribution in [0.3, 0.4) is 0 Å². The van der Waals surface area contributed by atoms with Gasteiger partial charge >= 0.3 is 0 Å². The molecule has 0 heterocycles. The fourth-order valence-electron chi connectivity index (χ4n) is 2.32. The van der Waals surface area contributed by atoms with Gasteiger partial charge in [-0.05, 0) is 39.0 Å². The quantitative estimate of drug-likeness (QED) is 0.337. The van der Waals surface area contributed by atoms with Gasteiger partial charge < -0.3 is 4.74 Å². The molecule has 0 fully saturated rings. The summed E-state index contributed by atoms with van der Waals surface area (Å²) in [5, 5.41) is 0. The molecular formula is C17H34O. The van der Waals surface area contributed by atoms with E-state index in [4.69, 9.17) is 4.74 Å². The summed E-state index contributed by atoms with van der Waals surface area (Å²) in [6, 6.07) is 0. The topological polar surface area (TPSA) is 9.23 Å². The van der Waals surface area contributed by atoms with E-state index in [1.165, 1.54) is 38.5 Å². The van der Waals surface area contributed by atoms with E-state index in [1.807, 2.05) is 7.11 Å². The van der Waals surface area contributed by atoms with E-state index in [2.05, 4.69) is 39.8 Å². The molecule has 0 aliphatic rings. The molecule has 1 heteroatoms. The second-order valence-electron chi connectivity index (χ2n) is 5.97. The van der Waals surface area contributed by atoms with E-state index in [0.717, 1.165) is 12.8 Å². The van der Waals surface area contributed by atoms with E-state index >= 15 is 0 Å². The van der Waals surface area contributed by atoms with Gasteiger partial charge in [0.05, 0.1) is 5.60 Å². The lowest BCUT2D eigenvalue weighted by atomic mass is 9.88. The van der Waals surface area contributed by atoms with Crippen LogP contribution < -0.4 is 0 Å². The van der Waals surface area contributed by atoms with E-state index in [1.54, 1.807) is 0 Å². The number of rotatable bonds is 11. The summed E-state index contributed by atoms with van der Waals surface area (Å²) in [4.78, 5) is 0. The lowest BCUT2D eigenvalue weighted by Crippen LogP contribution is -2.25. The van der Waals surface area contributed by atoms with Gasteiger partial charge in [0.25, 0.3) is 0 Å². The van der Waals surface area contributed by atoms with Crippen molar-refractivity contribution in [3.05, 3.63) is 12.2 Å². The van der Waals surface area contributed by atoms with E-state index < -0.39 is 0 Å². The third-order valence-corrected chi connectivity index (χ3v) is 3.63. The molecule has 0 N–H and O–H groups in total. The Kier molecular flexibility index (Phi) is 10.4. The average Bonchev–Trinajstić information content (AvgIpc) is 2.35. The van der Waals surface area contributed by atoms with Crippen molar-refractivity contribution in [3.63, 3.8) is 0 Å². The first-order chi connectivity index (χ1) is 8.55. The summed E-state index contributed by atoms with van der Waals surface area (Å²) < 4.78 is 5.56. The molecule has 0 saturated heterocycles. The van der Waals surface area contributed by atoms with Gasteiger partial charge in [-0.2, -0.15) is 0 Å². The number of ether oxygens (including phenoxy) is 1. The van der Waals surface area contributed by atoms with Gasteiger partial charge in [0, 0.05) is 7.11 Å². The molecule has 18 heavy (non-hydrogen) atoms. The van der Waals surface area contributed by atoms with Crippen molar-refractivity contribution >= 4 is 0 Å². The standard InChI is InChI=1S/C17H34O/c1-6-8-10-11-12-14-16(13-9-7-2)15-17(3,4)18-5/h9,13,16H,6-8,10-12,14-15H2,1-5H3. The first kappa shape index (κ1) is 17.7. The van der Waals surface area contributed by atoms with E-state index in [9.17, 15) is 0 Å². The Balaban J connectivity index is 4.03. The Morgan fingerprint density at radius 1 is 1.06 bits per heavy atom. The Hall–Kier alpha value is -0.300. The van der Waals surface area contributed by atoms with Crippen molar-refractivity contribution in [3.8, 4) is 0 Å². The van der Waals surface area contributed by atoms with Gasteiger partial charge in [-0.25, -0.2) is 0 Å². The van der Waals surface area contributed by atoms with Gasteiger partial charge in [-0.1, -0.05) is 58.1 Å². The van der Waals surface area contributed by atoms with Crippen LogP contribution in [0, 0.1) is 5.92 Å². The number of unbranched alkanes of at least 4 members (excludes halogenated alkanes) is 4. The third kappa shape index (κ3) is 9.70. The summed E-state index contributed by atoms with van der Waals surface area (Å²) in [7, 11) is 1.82. The van der Waals surface area contributed by atoms with Gasteiger partial charge in [0.15, 0.2) is 0 Å². The van der Waals surface area contributed by atoms with Crippen molar-refractivity contribution in [2.24, 2.45) is 5.92 Å². The molecule has 0 saturated carbocycles. The number of methoxy groups -OCH3 is 1. The van der Waals surface area contributed by atoms with E-state index in [0.29, 0.717) is 5.92 Å². The third-order valence-electron chi connectivity index (χ3n) is 3.63. The maximum Gasteiger partial charge on any atom is 0.0628 e. The fraction of sp³-hybridized carbons (Fsp3) is 0.882. The molecule has 1 nitrogen and oxygen atoms in total. The highest BCUT2D eigenvalue weighted by Gasteiger charge is 2.20. The van der Waals surface area contributed by atoms with Crippen LogP contribution in [0.25, 0.3) is 0 Å². The molecule has 1 atom stereocenters. The van der Waals surface area contributed by atoms with Gasteiger partial charge in [-0.15, -0.1) is 0 Å². The lowest BCUT2D eigenvalue weighted by molar-refractivity contribution is 0.00568. The van der Waals surface area contributed by atoms with Crippen molar-refractivity contribution in [2.45, 2.75) is 84.7 Å². The molecule has 0 aromatic heterocycles. The smallest absolute Gasteiger partial charge is 0.0628 e. The van der Waals surface area contributed by atoms with Crippen LogP contribution in [0.2, 0.25) is 0 Å². The van der Waals surface area contributed by atoms with Gasteiger partial charge in [0.2, 0.25) is 0 Å². The Morgan fingerprint density at radius 2 is 1.72 bits per heavy atom. The Morgan fingerprint density at radius 3 is 2.28 bits per heavy atom. The first-order valence-electron chi connectivity index (χ1n) is 7.77. The molecule has 0 amide bonds. The maximum absolute atomic E-state index is 5.56. The summed E-state index contributed by atoms with van der Waals surface area (Å²) in [6.45, 7) is 8.86. The molecule has 0 bridgehead atoms. The highest BCUT2D eigenvalue weighted by atomic mass is 16.5. The summed E-state index contributed by atoms with van der Waals surface area (Å²) >= 11 is 0. The fourth-order valence-corrected chi connectivity index (χ4v) is 2.32. The first-order valence-corrected chi connectivity index (χ1v) is 7.77. The van der Waals surface area contributed by atoms with Crippen LogP contribution in [-0.4, -0.2) is 12.7 Å². The second-order valence-corrected chi connectivity index (χ2v) is 5.97. The van der Waals surface area contributed by atoms with Gasteiger partial charge in [0.1, 0.15) is 0 Å². The summed E-state index contributed by atoms with van der Waals surface area (Å²) in [5.41, 5.74) is 0.00612. The normalized spacial score (nSPS) is 14.3. The average molecular weight is 254 g/mol. The molecule has 108 valence electrons. The van der Waals surface area contributed by atoms with E-state index in [-0.39, 0.29) is 5.60 Å². The molecule has 1 unspecified atom stereocenters. The molecule has 0 radical (unpaired) electrons. The predicted molar refractivity (Wildman–Crippen MR) is 82.0 cm³/mol. The summed E-state index contributed by atoms with van der Waals surface area (Å²) in [6.07, 6.45) is 15.2. The highest BCUT2D eigenvalue weighted by Crippen LogP contribution is 2.25. The summed E-state index contributed by atoms with van der Waals surface area (Å²) in [5.74, 6) is 0.682. The predicted octanol–water partition coefficient (Wildman–Crippen LogP) is 5.74. The van der Waals surface area contributed by atoms with Crippen LogP contribution in [0.4, 0.5) is 0 Å². The van der Waals surface area contributed by atoms with Gasteiger partial charge in [-0.3, -0.25) is 0 Å². The maximum atomic E-state index is 5.56. The zero-order chi connectivity index (χ0) is 13.9. The van der Waals surface area contributed by atoms with Crippen LogP contribution in [-0.2, 0) is 4.74 Å². The molecule has 0 aliphatic carbocycles. The van der Waals surface area contributed by atoms with Crippen molar-refractivity contribution in [1.29, 1.82) is 0 Å². The minimum absolute atomic E-state index is 0.00612. The van der Waals surface area contributed by atoms with Crippen molar-refractivity contribution < 1.29 is 4.74 Å². The van der Waals surface area contributed by atoms with Crippen LogP contribution >= 0.6 is 0 Å². The molecule has 0 aliphatic heterocycles. The highest BCUT2D eigenvalue weighted by molar-refractivity contribution is 4.90.